The van der Waals surface area contributed by atoms with Gasteiger partial charge in [-0.2, -0.15) is 0 Å². The van der Waals surface area contributed by atoms with E-state index >= 15 is 0 Å². The van der Waals surface area contributed by atoms with Crippen LogP contribution in [0.5, 0.6) is 0 Å². The molecule has 4 rings (SSSR count). The Labute approximate surface area is 170 Å². The summed E-state index contributed by atoms with van der Waals surface area (Å²) < 4.78 is 14.4. The van der Waals surface area contributed by atoms with E-state index in [4.69, 9.17) is 0 Å². The predicted octanol–water partition coefficient (Wildman–Crippen LogP) is 5.23. The second-order valence-corrected chi connectivity index (χ2v) is 8.41. The van der Waals surface area contributed by atoms with Crippen molar-refractivity contribution >= 4 is 38.7 Å². The highest BCUT2D eigenvalue weighted by Gasteiger charge is 2.15. The molecule has 0 saturated heterocycles. The van der Waals surface area contributed by atoms with Gasteiger partial charge in [0.25, 0.3) is 5.91 Å². The first-order chi connectivity index (χ1) is 13.6. The third-order valence-corrected chi connectivity index (χ3v) is 6.67. The van der Waals surface area contributed by atoms with Gasteiger partial charge in [0.15, 0.2) is 0 Å². The highest BCUT2D eigenvalue weighted by molar-refractivity contribution is 7.21. The molecular weight excluding hydrogens is 393 g/mol. The van der Waals surface area contributed by atoms with E-state index in [9.17, 15) is 9.18 Å². The smallest absolute Gasteiger partial charge is 0.261 e. The van der Waals surface area contributed by atoms with Crippen LogP contribution in [-0.4, -0.2) is 22.4 Å². The predicted molar refractivity (Wildman–Crippen MR) is 113 cm³/mol. The zero-order valence-electron chi connectivity index (χ0n) is 15.2. The molecule has 0 aliphatic rings. The first-order valence-electron chi connectivity index (χ1n) is 8.93. The molecule has 0 radical (unpaired) electrons. The number of benzene rings is 1. The van der Waals surface area contributed by atoms with Gasteiger partial charge in [-0.15, -0.1) is 22.7 Å². The summed E-state index contributed by atoms with van der Waals surface area (Å²) in [6, 6.07) is 8.52. The topological polar surface area (TPSA) is 54.9 Å². The molecule has 142 valence electrons. The maximum Gasteiger partial charge on any atom is 0.261 e. The average Bonchev–Trinajstić information content (AvgIpc) is 3.31. The van der Waals surface area contributed by atoms with Gasteiger partial charge >= 0.3 is 0 Å². The van der Waals surface area contributed by atoms with Crippen LogP contribution in [0.4, 0.5) is 4.39 Å². The molecule has 1 aromatic carbocycles. The Morgan fingerprint density at radius 2 is 2.04 bits per heavy atom. The van der Waals surface area contributed by atoms with E-state index in [2.05, 4.69) is 15.3 Å². The Balaban J connectivity index is 1.33. The van der Waals surface area contributed by atoms with Gasteiger partial charge in [-0.1, -0.05) is 0 Å². The van der Waals surface area contributed by atoms with E-state index in [-0.39, 0.29) is 11.7 Å². The van der Waals surface area contributed by atoms with Crippen LogP contribution in [0, 0.1) is 12.7 Å². The van der Waals surface area contributed by atoms with E-state index in [0.717, 1.165) is 44.8 Å². The molecule has 0 bridgehead atoms. The van der Waals surface area contributed by atoms with Crippen molar-refractivity contribution in [1.82, 2.24) is 15.3 Å². The third-order valence-electron chi connectivity index (χ3n) is 4.49. The van der Waals surface area contributed by atoms with Crippen LogP contribution in [0.2, 0.25) is 0 Å². The monoisotopic (exact) mass is 411 g/mol. The first kappa shape index (κ1) is 18.7. The maximum atomic E-state index is 13.4. The van der Waals surface area contributed by atoms with Gasteiger partial charge in [0.1, 0.15) is 5.82 Å². The lowest BCUT2D eigenvalue weighted by Crippen LogP contribution is -2.24. The Morgan fingerprint density at radius 3 is 2.86 bits per heavy atom. The van der Waals surface area contributed by atoms with Crippen molar-refractivity contribution in [1.29, 1.82) is 0 Å². The SMILES string of the molecule is Cc1c(C(=O)NCCCc2nc(-c3ccncc3)cs2)sc2ccc(F)cc12. The summed E-state index contributed by atoms with van der Waals surface area (Å²) in [6.07, 6.45) is 5.14. The maximum absolute atomic E-state index is 13.4. The van der Waals surface area contributed by atoms with Gasteiger partial charge in [-0.25, -0.2) is 9.37 Å². The standard InChI is InChI=1S/C21H18FN3OS2/c1-13-16-11-15(22)4-5-18(16)28-20(13)21(26)24-8-2-3-19-25-17(12-27-19)14-6-9-23-10-7-14/h4-7,9-12H,2-3,8H2,1H3,(H,24,26). The van der Waals surface area contributed by atoms with Crippen molar-refractivity contribution < 1.29 is 9.18 Å². The fourth-order valence-electron chi connectivity index (χ4n) is 3.01. The van der Waals surface area contributed by atoms with E-state index < -0.39 is 0 Å². The zero-order chi connectivity index (χ0) is 19.5. The molecule has 28 heavy (non-hydrogen) atoms. The number of thiazole rings is 1. The van der Waals surface area contributed by atoms with Crippen LogP contribution in [0.25, 0.3) is 21.3 Å². The second-order valence-electron chi connectivity index (χ2n) is 6.42. The molecule has 0 fully saturated rings. The van der Waals surface area contributed by atoms with Crippen LogP contribution >= 0.6 is 22.7 Å². The Hall–Kier alpha value is -2.64. The number of rotatable bonds is 6. The number of aryl methyl sites for hydroxylation is 2. The van der Waals surface area contributed by atoms with Crippen LogP contribution < -0.4 is 5.32 Å². The van der Waals surface area contributed by atoms with Crippen LogP contribution in [0.3, 0.4) is 0 Å². The minimum absolute atomic E-state index is 0.101. The fourth-order valence-corrected chi connectivity index (χ4v) is 4.97. The molecule has 7 heteroatoms. The van der Waals surface area contributed by atoms with E-state index in [1.807, 2.05) is 24.4 Å². The minimum atomic E-state index is -0.282. The molecule has 0 unspecified atom stereocenters. The van der Waals surface area contributed by atoms with E-state index in [1.54, 1.807) is 29.8 Å². The molecule has 1 N–H and O–H groups in total. The van der Waals surface area contributed by atoms with Crippen LogP contribution in [0.15, 0.2) is 48.1 Å². The highest BCUT2D eigenvalue weighted by Crippen LogP contribution is 2.31. The van der Waals surface area contributed by atoms with Gasteiger partial charge in [-0.05, 0) is 54.6 Å². The normalized spacial score (nSPS) is 11.1. The summed E-state index contributed by atoms with van der Waals surface area (Å²) in [4.78, 5) is 21.8. The number of halogens is 1. The number of aromatic nitrogens is 2. The molecule has 4 aromatic rings. The number of hydrogen-bond acceptors (Lipinski definition) is 5. The van der Waals surface area contributed by atoms with E-state index in [1.165, 1.54) is 23.5 Å². The minimum Gasteiger partial charge on any atom is -0.351 e. The number of carbonyl (C=O) groups is 1. The number of amides is 1. The molecule has 0 saturated carbocycles. The van der Waals surface area contributed by atoms with Crippen molar-refractivity contribution in [2.75, 3.05) is 6.54 Å². The summed E-state index contributed by atoms with van der Waals surface area (Å²) in [5, 5.41) is 6.87. The Kier molecular flexibility index (Phi) is 5.45. The molecular formula is C21H18FN3OS2. The quantitative estimate of drug-likeness (QED) is 0.442. The van der Waals surface area contributed by atoms with Crippen molar-refractivity contribution in [2.24, 2.45) is 0 Å². The molecule has 1 amide bonds. The van der Waals surface area contributed by atoms with Crippen molar-refractivity contribution in [3.63, 3.8) is 0 Å². The molecule has 0 spiro atoms. The number of hydrogen-bond donors (Lipinski definition) is 1. The number of nitrogens with zero attached hydrogens (tertiary/aromatic N) is 2. The molecule has 0 aliphatic heterocycles. The lowest BCUT2D eigenvalue weighted by atomic mass is 10.1. The number of fused-ring (bicyclic) bond motifs is 1. The van der Waals surface area contributed by atoms with Crippen LogP contribution in [-0.2, 0) is 6.42 Å². The summed E-state index contributed by atoms with van der Waals surface area (Å²) in [5.74, 6) is -0.384. The Morgan fingerprint density at radius 1 is 1.21 bits per heavy atom. The molecule has 0 atom stereocenters. The van der Waals surface area contributed by atoms with Crippen LogP contribution in [0.1, 0.15) is 26.7 Å². The van der Waals surface area contributed by atoms with Gasteiger partial charge < -0.3 is 5.32 Å². The number of pyridine rings is 1. The van der Waals surface area contributed by atoms with Gasteiger partial charge in [0.05, 0.1) is 15.6 Å². The summed E-state index contributed by atoms with van der Waals surface area (Å²) in [5.41, 5.74) is 2.85. The molecule has 3 heterocycles. The second kappa shape index (κ2) is 8.16. The highest BCUT2D eigenvalue weighted by atomic mass is 32.1. The molecule has 0 aliphatic carbocycles. The number of carbonyl (C=O) groups excluding carboxylic acids is 1. The summed E-state index contributed by atoms with van der Waals surface area (Å²) in [7, 11) is 0. The van der Waals surface area contributed by atoms with E-state index in [0.29, 0.717) is 11.4 Å². The summed E-state index contributed by atoms with van der Waals surface area (Å²) in [6.45, 7) is 2.44. The fraction of sp³-hybridized carbons (Fsp3) is 0.190. The average molecular weight is 412 g/mol. The number of thiophene rings is 1. The van der Waals surface area contributed by atoms with Crippen molar-refractivity contribution in [3.05, 3.63) is 69.4 Å². The molecule has 3 aromatic heterocycles. The third kappa shape index (κ3) is 3.95. The molecule has 4 nitrogen and oxygen atoms in total. The lowest BCUT2D eigenvalue weighted by molar-refractivity contribution is 0.0957. The largest absolute Gasteiger partial charge is 0.351 e. The van der Waals surface area contributed by atoms with Gasteiger partial charge in [-0.3, -0.25) is 9.78 Å². The van der Waals surface area contributed by atoms with Crippen molar-refractivity contribution in [3.8, 4) is 11.3 Å². The van der Waals surface area contributed by atoms with Crippen molar-refractivity contribution in [2.45, 2.75) is 19.8 Å². The lowest BCUT2D eigenvalue weighted by Gasteiger charge is -2.03. The summed E-state index contributed by atoms with van der Waals surface area (Å²) >= 11 is 3.03. The Bertz CT molecular complexity index is 1120. The zero-order valence-corrected chi connectivity index (χ0v) is 16.9. The van der Waals surface area contributed by atoms with Gasteiger partial charge in [0, 0.05) is 41.0 Å². The first-order valence-corrected chi connectivity index (χ1v) is 10.6. The van der Waals surface area contributed by atoms with Gasteiger partial charge in [0.2, 0.25) is 0 Å². The number of nitrogens with one attached hydrogen (secondary N) is 1.